The molecule has 80 valence electrons. The minimum Gasteiger partial charge on any atom is -0.378 e. The molecule has 1 aromatic carbocycles. The predicted octanol–water partition coefficient (Wildman–Crippen LogP) is 2.38. The van der Waals surface area contributed by atoms with Gasteiger partial charge in [-0.2, -0.15) is 0 Å². The quantitative estimate of drug-likeness (QED) is 0.731. The summed E-state index contributed by atoms with van der Waals surface area (Å²) in [4.78, 5) is 2.33. The lowest BCUT2D eigenvalue weighted by Crippen LogP contribution is -2.32. The molecule has 0 radical (unpaired) electrons. The highest BCUT2D eigenvalue weighted by molar-refractivity contribution is 5.63. The monoisotopic (exact) mass is 203 g/mol. The zero-order chi connectivity index (χ0) is 10.5. The number of hydrogen-bond donors (Lipinski definition) is 0. The Hall–Kier alpha value is -1.28. The van der Waals surface area contributed by atoms with Crippen LogP contribution in [0.3, 0.4) is 0 Å². The van der Waals surface area contributed by atoms with E-state index in [0.717, 1.165) is 26.3 Å². The van der Waals surface area contributed by atoms with Gasteiger partial charge in [0.15, 0.2) is 0 Å². The molecule has 1 aliphatic heterocycles. The first-order chi connectivity index (χ1) is 7.36. The fourth-order valence-electron chi connectivity index (χ4n) is 1.76. The average molecular weight is 203 g/mol. The Morgan fingerprint density at radius 3 is 2.53 bits per heavy atom. The van der Waals surface area contributed by atoms with E-state index in [-0.39, 0.29) is 0 Å². The Labute approximate surface area is 91.2 Å². The Balaban J connectivity index is 2.06. The number of nitrogens with zero attached hydrogens (tertiary/aromatic N) is 1. The molecule has 0 aromatic heterocycles. The zero-order valence-corrected chi connectivity index (χ0v) is 9.15. The summed E-state index contributed by atoms with van der Waals surface area (Å²) in [6.45, 7) is 5.86. The topological polar surface area (TPSA) is 12.5 Å². The van der Waals surface area contributed by atoms with Gasteiger partial charge < -0.3 is 9.64 Å². The summed E-state index contributed by atoms with van der Waals surface area (Å²) in [6.07, 6.45) is 2.23. The maximum Gasteiger partial charge on any atom is 0.0642 e. The SMILES string of the molecule is CC(=CN1CCOCC1)c1ccccc1. The van der Waals surface area contributed by atoms with Crippen molar-refractivity contribution in [2.75, 3.05) is 26.3 Å². The summed E-state index contributed by atoms with van der Waals surface area (Å²) < 4.78 is 5.32. The van der Waals surface area contributed by atoms with E-state index >= 15 is 0 Å². The van der Waals surface area contributed by atoms with Gasteiger partial charge in [0.25, 0.3) is 0 Å². The van der Waals surface area contributed by atoms with E-state index in [9.17, 15) is 0 Å². The van der Waals surface area contributed by atoms with Crippen LogP contribution in [0.4, 0.5) is 0 Å². The van der Waals surface area contributed by atoms with Gasteiger partial charge in [-0.1, -0.05) is 30.3 Å². The largest absolute Gasteiger partial charge is 0.378 e. The molecule has 1 aliphatic rings. The summed E-state index contributed by atoms with van der Waals surface area (Å²) in [5.74, 6) is 0. The molecule has 0 amide bonds. The highest BCUT2D eigenvalue weighted by Gasteiger charge is 2.06. The van der Waals surface area contributed by atoms with Crippen molar-refractivity contribution < 1.29 is 4.74 Å². The molecule has 0 bridgehead atoms. The molecule has 0 unspecified atom stereocenters. The van der Waals surface area contributed by atoms with Crippen molar-refractivity contribution in [2.45, 2.75) is 6.92 Å². The predicted molar refractivity (Wildman–Crippen MR) is 62.5 cm³/mol. The van der Waals surface area contributed by atoms with Crippen LogP contribution in [0.15, 0.2) is 36.5 Å². The van der Waals surface area contributed by atoms with Crippen LogP contribution in [-0.4, -0.2) is 31.2 Å². The summed E-state index contributed by atoms with van der Waals surface area (Å²) in [5, 5.41) is 0. The Bertz CT molecular complexity index is 326. The highest BCUT2D eigenvalue weighted by atomic mass is 16.5. The normalized spacial score (nSPS) is 17.9. The first-order valence-electron chi connectivity index (χ1n) is 5.42. The van der Waals surface area contributed by atoms with Crippen LogP contribution < -0.4 is 0 Å². The third-order valence-electron chi connectivity index (χ3n) is 2.65. The fourth-order valence-corrected chi connectivity index (χ4v) is 1.76. The maximum atomic E-state index is 5.32. The molecule has 0 spiro atoms. The summed E-state index contributed by atoms with van der Waals surface area (Å²) in [5.41, 5.74) is 2.61. The lowest BCUT2D eigenvalue weighted by molar-refractivity contribution is 0.0596. The van der Waals surface area contributed by atoms with Crippen LogP contribution >= 0.6 is 0 Å². The van der Waals surface area contributed by atoms with Crippen molar-refractivity contribution >= 4 is 5.57 Å². The maximum absolute atomic E-state index is 5.32. The zero-order valence-electron chi connectivity index (χ0n) is 9.15. The van der Waals surface area contributed by atoms with Crippen molar-refractivity contribution in [1.82, 2.24) is 4.90 Å². The third-order valence-corrected chi connectivity index (χ3v) is 2.65. The van der Waals surface area contributed by atoms with E-state index in [2.05, 4.69) is 42.3 Å². The van der Waals surface area contributed by atoms with E-state index in [0.29, 0.717) is 0 Å². The summed E-state index contributed by atoms with van der Waals surface area (Å²) in [6, 6.07) is 10.5. The molecule has 1 heterocycles. The number of morpholine rings is 1. The standard InChI is InChI=1S/C13H17NO/c1-12(13-5-3-2-4-6-13)11-14-7-9-15-10-8-14/h2-6,11H,7-10H2,1H3. The lowest BCUT2D eigenvalue weighted by atomic mass is 10.1. The molecule has 2 rings (SSSR count). The molecule has 0 atom stereocenters. The smallest absolute Gasteiger partial charge is 0.0642 e. The van der Waals surface area contributed by atoms with Crippen molar-refractivity contribution in [3.8, 4) is 0 Å². The molecular formula is C13H17NO. The van der Waals surface area contributed by atoms with Gasteiger partial charge >= 0.3 is 0 Å². The number of ether oxygens (including phenoxy) is 1. The molecule has 2 heteroatoms. The minimum absolute atomic E-state index is 0.846. The van der Waals surface area contributed by atoms with E-state index in [1.54, 1.807) is 0 Å². The molecule has 1 aromatic rings. The highest BCUT2D eigenvalue weighted by Crippen LogP contribution is 2.14. The van der Waals surface area contributed by atoms with E-state index < -0.39 is 0 Å². The molecule has 1 saturated heterocycles. The molecule has 15 heavy (non-hydrogen) atoms. The van der Waals surface area contributed by atoms with Crippen LogP contribution in [0.5, 0.6) is 0 Å². The summed E-state index contributed by atoms with van der Waals surface area (Å²) in [7, 11) is 0. The van der Waals surface area contributed by atoms with E-state index in [1.165, 1.54) is 11.1 Å². The van der Waals surface area contributed by atoms with Gasteiger partial charge in [0.1, 0.15) is 0 Å². The van der Waals surface area contributed by atoms with Gasteiger partial charge in [0.2, 0.25) is 0 Å². The Morgan fingerprint density at radius 2 is 1.87 bits per heavy atom. The van der Waals surface area contributed by atoms with Crippen LogP contribution in [0, 0.1) is 0 Å². The molecule has 0 saturated carbocycles. The number of rotatable bonds is 2. The van der Waals surface area contributed by atoms with E-state index in [4.69, 9.17) is 4.74 Å². The van der Waals surface area contributed by atoms with Gasteiger partial charge in [-0.3, -0.25) is 0 Å². The average Bonchev–Trinajstić information content (AvgIpc) is 2.31. The van der Waals surface area contributed by atoms with Gasteiger partial charge in [-0.05, 0) is 18.1 Å². The third kappa shape index (κ3) is 2.83. The Morgan fingerprint density at radius 1 is 1.20 bits per heavy atom. The molecular weight excluding hydrogens is 186 g/mol. The van der Waals surface area contributed by atoms with Gasteiger partial charge in [-0.25, -0.2) is 0 Å². The summed E-state index contributed by atoms with van der Waals surface area (Å²) >= 11 is 0. The fraction of sp³-hybridized carbons (Fsp3) is 0.385. The lowest BCUT2D eigenvalue weighted by Gasteiger charge is -2.26. The van der Waals surface area contributed by atoms with Crippen molar-refractivity contribution in [3.05, 3.63) is 42.1 Å². The second-order valence-electron chi connectivity index (χ2n) is 3.83. The second kappa shape index (κ2) is 4.99. The minimum atomic E-state index is 0.846. The first kappa shape index (κ1) is 10.2. The van der Waals surface area contributed by atoms with Crippen LogP contribution in [0.1, 0.15) is 12.5 Å². The number of hydrogen-bond acceptors (Lipinski definition) is 2. The molecule has 1 fully saturated rings. The van der Waals surface area contributed by atoms with Crippen LogP contribution in [0.25, 0.3) is 5.57 Å². The van der Waals surface area contributed by atoms with E-state index in [1.807, 2.05) is 6.07 Å². The second-order valence-corrected chi connectivity index (χ2v) is 3.83. The number of allylic oxidation sites excluding steroid dienone is 1. The van der Waals surface area contributed by atoms with Crippen molar-refractivity contribution in [3.63, 3.8) is 0 Å². The van der Waals surface area contributed by atoms with Crippen molar-refractivity contribution in [2.24, 2.45) is 0 Å². The molecule has 0 aliphatic carbocycles. The van der Waals surface area contributed by atoms with Crippen molar-refractivity contribution in [1.29, 1.82) is 0 Å². The molecule has 0 N–H and O–H groups in total. The van der Waals surface area contributed by atoms with Gasteiger partial charge in [-0.15, -0.1) is 0 Å². The van der Waals surface area contributed by atoms with Gasteiger partial charge in [0.05, 0.1) is 13.2 Å². The van der Waals surface area contributed by atoms with Gasteiger partial charge in [0, 0.05) is 19.3 Å². The van der Waals surface area contributed by atoms with Crippen LogP contribution in [0.2, 0.25) is 0 Å². The Kier molecular flexibility index (Phi) is 3.41. The first-order valence-corrected chi connectivity index (χ1v) is 5.42. The van der Waals surface area contributed by atoms with Crippen LogP contribution in [-0.2, 0) is 4.74 Å². The molecule has 2 nitrogen and oxygen atoms in total. The number of benzene rings is 1.